The van der Waals surface area contributed by atoms with Crippen LogP contribution in [0.15, 0.2) is 78.9 Å². The molecule has 0 fully saturated rings. The van der Waals surface area contributed by atoms with Gasteiger partial charge in [-0.2, -0.15) is 11.8 Å². The van der Waals surface area contributed by atoms with Gasteiger partial charge in [0, 0.05) is 5.56 Å². The van der Waals surface area contributed by atoms with Gasteiger partial charge in [-0.3, -0.25) is 4.79 Å². The van der Waals surface area contributed by atoms with E-state index in [2.05, 4.69) is 35.6 Å². The molecule has 0 aliphatic heterocycles. The molecule has 0 bridgehead atoms. The van der Waals surface area contributed by atoms with E-state index < -0.39 is 12.0 Å². The third kappa shape index (κ3) is 6.72. The number of carbonyl (C=O) groups is 2. The number of benzene rings is 3. The van der Waals surface area contributed by atoms with Gasteiger partial charge in [0.25, 0.3) is 5.91 Å². The Morgan fingerprint density at radius 2 is 1.56 bits per heavy atom. The Balaban J connectivity index is 1.80. The van der Waals surface area contributed by atoms with Crippen LogP contribution in [0, 0.1) is 0 Å². The molecule has 0 aliphatic rings. The van der Waals surface area contributed by atoms with Crippen LogP contribution in [0.3, 0.4) is 0 Å². The lowest BCUT2D eigenvalue weighted by Gasteiger charge is -2.17. The SMILES string of the molecule is CSCC[C@H](NC(=O)c1ccc(CCCc2ccccc2)cc1-c1ccccc1)C(=O)O. The molecule has 0 aliphatic carbocycles. The van der Waals surface area contributed by atoms with Crippen molar-refractivity contribution in [3.05, 3.63) is 95.6 Å². The maximum absolute atomic E-state index is 13.0. The van der Waals surface area contributed by atoms with Crippen molar-refractivity contribution in [1.82, 2.24) is 5.32 Å². The van der Waals surface area contributed by atoms with E-state index in [0.29, 0.717) is 17.7 Å². The Hall–Kier alpha value is -3.05. The van der Waals surface area contributed by atoms with E-state index in [1.165, 1.54) is 5.56 Å². The highest BCUT2D eigenvalue weighted by molar-refractivity contribution is 7.98. The van der Waals surface area contributed by atoms with Gasteiger partial charge in [-0.05, 0) is 66.0 Å². The number of amides is 1. The summed E-state index contributed by atoms with van der Waals surface area (Å²) >= 11 is 1.56. The van der Waals surface area contributed by atoms with Crippen LogP contribution in [-0.2, 0) is 17.6 Å². The number of thioether (sulfide) groups is 1. The van der Waals surface area contributed by atoms with Crippen LogP contribution in [-0.4, -0.2) is 35.0 Å². The van der Waals surface area contributed by atoms with E-state index in [-0.39, 0.29) is 5.91 Å². The minimum absolute atomic E-state index is 0.354. The van der Waals surface area contributed by atoms with Crippen LogP contribution in [0.2, 0.25) is 0 Å². The molecule has 0 saturated heterocycles. The Bertz CT molecular complexity index is 1020. The highest BCUT2D eigenvalue weighted by Crippen LogP contribution is 2.26. The van der Waals surface area contributed by atoms with Crippen molar-refractivity contribution < 1.29 is 14.7 Å². The summed E-state index contributed by atoms with van der Waals surface area (Å²) in [6, 6.07) is 25.1. The number of hydrogen-bond acceptors (Lipinski definition) is 3. The largest absolute Gasteiger partial charge is 0.480 e. The maximum Gasteiger partial charge on any atom is 0.326 e. The van der Waals surface area contributed by atoms with Crippen molar-refractivity contribution in [1.29, 1.82) is 0 Å². The summed E-state index contributed by atoms with van der Waals surface area (Å²) in [5.41, 5.74) is 4.75. The second kappa shape index (κ2) is 12.1. The number of carboxylic acid groups (broad SMARTS) is 1. The molecule has 3 aromatic rings. The Kier molecular flexibility index (Phi) is 8.93. The zero-order valence-electron chi connectivity index (χ0n) is 18.3. The molecule has 1 atom stereocenters. The van der Waals surface area contributed by atoms with Crippen LogP contribution in [0.1, 0.15) is 34.3 Å². The first-order chi connectivity index (χ1) is 15.6. The van der Waals surface area contributed by atoms with Gasteiger partial charge < -0.3 is 10.4 Å². The molecule has 0 heterocycles. The number of hydrogen-bond donors (Lipinski definition) is 2. The van der Waals surface area contributed by atoms with Crippen molar-refractivity contribution in [3.63, 3.8) is 0 Å². The van der Waals surface area contributed by atoms with Gasteiger partial charge in [-0.15, -0.1) is 0 Å². The summed E-state index contributed by atoms with van der Waals surface area (Å²) in [5, 5.41) is 12.2. The number of nitrogens with one attached hydrogen (secondary N) is 1. The van der Waals surface area contributed by atoms with Crippen molar-refractivity contribution in [2.24, 2.45) is 0 Å². The van der Waals surface area contributed by atoms with E-state index in [9.17, 15) is 14.7 Å². The topological polar surface area (TPSA) is 66.4 Å². The fourth-order valence-corrected chi connectivity index (χ4v) is 4.14. The van der Waals surface area contributed by atoms with Gasteiger partial charge in [0.2, 0.25) is 0 Å². The average Bonchev–Trinajstić information content (AvgIpc) is 2.82. The lowest BCUT2D eigenvalue weighted by atomic mass is 9.94. The van der Waals surface area contributed by atoms with Crippen LogP contribution in [0.5, 0.6) is 0 Å². The molecule has 2 N–H and O–H groups in total. The lowest BCUT2D eigenvalue weighted by Crippen LogP contribution is -2.41. The monoisotopic (exact) mass is 447 g/mol. The van der Waals surface area contributed by atoms with Gasteiger partial charge in [0.05, 0.1) is 0 Å². The fraction of sp³-hybridized carbons (Fsp3) is 0.259. The van der Waals surface area contributed by atoms with Crippen molar-refractivity contribution in [2.45, 2.75) is 31.7 Å². The van der Waals surface area contributed by atoms with E-state index in [4.69, 9.17) is 0 Å². The zero-order chi connectivity index (χ0) is 22.8. The third-order valence-electron chi connectivity index (χ3n) is 5.40. The quantitative estimate of drug-likeness (QED) is 0.409. The first-order valence-electron chi connectivity index (χ1n) is 10.8. The first kappa shape index (κ1) is 23.6. The van der Waals surface area contributed by atoms with Gasteiger partial charge in [-0.25, -0.2) is 4.79 Å². The molecule has 5 heteroatoms. The molecular weight excluding hydrogens is 418 g/mol. The predicted molar refractivity (Wildman–Crippen MR) is 132 cm³/mol. The first-order valence-corrected chi connectivity index (χ1v) is 12.2. The van der Waals surface area contributed by atoms with Crippen molar-refractivity contribution >= 4 is 23.6 Å². The lowest BCUT2D eigenvalue weighted by molar-refractivity contribution is -0.139. The second-order valence-corrected chi connectivity index (χ2v) is 8.72. The van der Waals surface area contributed by atoms with Crippen LogP contribution in [0.25, 0.3) is 11.1 Å². The Labute approximate surface area is 194 Å². The molecule has 166 valence electrons. The van der Waals surface area contributed by atoms with E-state index >= 15 is 0 Å². The minimum Gasteiger partial charge on any atom is -0.480 e. The van der Waals surface area contributed by atoms with Crippen LogP contribution in [0.4, 0.5) is 0 Å². The molecule has 3 rings (SSSR count). The van der Waals surface area contributed by atoms with Crippen LogP contribution < -0.4 is 5.32 Å². The molecule has 3 aromatic carbocycles. The number of rotatable bonds is 11. The molecule has 0 aromatic heterocycles. The summed E-state index contributed by atoms with van der Waals surface area (Å²) in [7, 11) is 0. The Morgan fingerprint density at radius 1 is 0.906 bits per heavy atom. The number of carboxylic acids is 1. The van der Waals surface area contributed by atoms with Crippen molar-refractivity contribution in [3.8, 4) is 11.1 Å². The summed E-state index contributed by atoms with van der Waals surface area (Å²) in [4.78, 5) is 24.6. The molecule has 1 amide bonds. The molecule has 0 unspecified atom stereocenters. The molecule has 0 saturated carbocycles. The van der Waals surface area contributed by atoms with E-state index in [1.807, 2.05) is 54.8 Å². The molecule has 4 nitrogen and oxygen atoms in total. The van der Waals surface area contributed by atoms with Crippen LogP contribution >= 0.6 is 11.8 Å². The molecule has 32 heavy (non-hydrogen) atoms. The number of aryl methyl sites for hydroxylation is 2. The van der Waals surface area contributed by atoms with E-state index in [0.717, 1.165) is 36.0 Å². The minimum atomic E-state index is -1.01. The summed E-state index contributed by atoms with van der Waals surface area (Å²) in [6.45, 7) is 0. The average molecular weight is 448 g/mol. The normalized spacial score (nSPS) is 11.7. The zero-order valence-corrected chi connectivity index (χ0v) is 19.1. The second-order valence-electron chi connectivity index (χ2n) is 7.73. The summed E-state index contributed by atoms with van der Waals surface area (Å²) < 4.78 is 0. The third-order valence-corrected chi connectivity index (χ3v) is 6.05. The molecular formula is C27H29NO3S. The smallest absolute Gasteiger partial charge is 0.326 e. The molecule has 0 radical (unpaired) electrons. The maximum atomic E-state index is 13.0. The van der Waals surface area contributed by atoms with E-state index in [1.54, 1.807) is 11.8 Å². The predicted octanol–water partition coefficient (Wildman–Crippen LogP) is 5.47. The number of aliphatic carboxylic acids is 1. The number of carbonyl (C=O) groups excluding carboxylic acids is 1. The Morgan fingerprint density at radius 3 is 2.22 bits per heavy atom. The van der Waals surface area contributed by atoms with Gasteiger partial charge in [0.15, 0.2) is 0 Å². The van der Waals surface area contributed by atoms with Gasteiger partial charge >= 0.3 is 5.97 Å². The summed E-state index contributed by atoms with van der Waals surface area (Å²) in [6.07, 6.45) is 5.23. The molecule has 0 spiro atoms. The van der Waals surface area contributed by atoms with Crippen molar-refractivity contribution in [2.75, 3.05) is 12.0 Å². The standard InChI is InChI=1S/C27H29NO3S/c1-32-18-17-25(27(30)31)28-26(29)23-16-15-21(12-8-11-20-9-4-2-5-10-20)19-24(23)22-13-6-3-7-14-22/h2-7,9-10,13-16,19,25H,8,11-12,17-18H2,1H3,(H,28,29)(H,30,31)/t25-/m0/s1. The summed E-state index contributed by atoms with van der Waals surface area (Å²) in [5.74, 6) is -0.692. The highest BCUT2D eigenvalue weighted by atomic mass is 32.2. The van der Waals surface area contributed by atoms with Gasteiger partial charge in [-0.1, -0.05) is 72.8 Å². The highest BCUT2D eigenvalue weighted by Gasteiger charge is 2.22. The van der Waals surface area contributed by atoms with Gasteiger partial charge in [0.1, 0.15) is 6.04 Å². The fourth-order valence-electron chi connectivity index (χ4n) is 3.67.